The Balaban J connectivity index is 2.65. The Hall–Kier alpha value is -1.32. The summed E-state index contributed by atoms with van der Waals surface area (Å²) < 4.78 is 23.4. The van der Waals surface area contributed by atoms with Gasteiger partial charge in [0, 0.05) is 11.3 Å². The maximum absolute atomic E-state index is 11.7. The lowest BCUT2D eigenvalue weighted by atomic mass is 9.93. The SMILES string of the molecule is CC(C)c1ccc(Cl)cc1-c1cccc(S(C)(=O)=O)c1. The molecule has 0 saturated carbocycles. The Kier molecular flexibility index (Phi) is 4.21. The molecule has 0 spiro atoms. The minimum atomic E-state index is -3.21. The second kappa shape index (κ2) is 5.58. The number of hydrogen-bond donors (Lipinski definition) is 0. The van der Waals surface area contributed by atoms with Crippen LogP contribution in [-0.2, 0) is 9.84 Å². The van der Waals surface area contributed by atoms with Crippen LogP contribution in [0.5, 0.6) is 0 Å². The molecular weight excluding hydrogens is 292 g/mol. The van der Waals surface area contributed by atoms with E-state index in [4.69, 9.17) is 11.6 Å². The van der Waals surface area contributed by atoms with Crippen molar-refractivity contribution in [3.05, 3.63) is 53.1 Å². The summed E-state index contributed by atoms with van der Waals surface area (Å²) in [4.78, 5) is 0.324. The summed E-state index contributed by atoms with van der Waals surface area (Å²) >= 11 is 6.08. The molecule has 0 aliphatic heterocycles. The number of halogens is 1. The highest BCUT2D eigenvalue weighted by molar-refractivity contribution is 7.90. The van der Waals surface area contributed by atoms with Gasteiger partial charge in [-0.15, -0.1) is 0 Å². The molecule has 0 bridgehead atoms. The van der Waals surface area contributed by atoms with E-state index in [1.807, 2.05) is 24.3 Å². The van der Waals surface area contributed by atoms with Crippen LogP contribution in [0.4, 0.5) is 0 Å². The van der Waals surface area contributed by atoms with Crippen molar-refractivity contribution in [3.8, 4) is 11.1 Å². The van der Waals surface area contributed by atoms with Gasteiger partial charge in [-0.1, -0.05) is 43.6 Å². The van der Waals surface area contributed by atoms with Crippen molar-refractivity contribution in [3.63, 3.8) is 0 Å². The lowest BCUT2D eigenvalue weighted by Gasteiger charge is -2.14. The van der Waals surface area contributed by atoms with Crippen LogP contribution in [0.25, 0.3) is 11.1 Å². The smallest absolute Gasteiger partial charge is 0.175 e. The number of sulfone groups is 1. The molecule has 0 fully saturated rings. The van der Waals surface area contributed by atoms with Gasteiger partial charge >= 0.3 is 0 Å². The molecule has 0 aliphatic carbocycles. The van der Waals surface area contributed by atoms with Gasteiger partial charge in [0.05, 0.1) is 4.90 Å². The molecule has 0 aliphatic rings. The van der Waals surface area contributed by atoms with Crippen LogP contribution in [0, 0.1) is 0 Å². The summed E-state index contributed by atoms with van der Waals surface area (Å²) in [6, 6.07) is 12.7. The second-order valence-electron chi connectivity index (χ2n) is 5.19. The fraction of sp³-hybridized carbons (Fsp3) is 0.250. The van der Waals surface area contributed by atoms with Crippen molar-refractivity contribution in [1.82, 2.24) is 0 Å². The van der Waals surface area contributed by atoms with Gasteiger partial charge in [-0.3, -0.25) is 0 Å². The molecule has 106 valence electrons. The van der Waals surface area contributed by atoms with E-state index in [9.17, 15) is 8.42 Å². The van der Waals surface area contributed by atoms with E-state index < -0.39 is 9.84 Å². The average Bonchev–Trinajstić information content (AvgIpc) is 2.37. The van der Waals surface area contributed by atoms with Crippen LogP contribution in [0.2, 0.25) is 5.02 Å². The first kappa shape index (κ1) is 15.1. The van der Waals surface area contributed by atoms with E-state index in [-0.39, 0.29) is 0 Å². The molecule has 0 saturated heterocycles. The van der Waals surface area contributed by atoms with E-state index in [0.717, 1.165) is 16.7 Å². The highest BCUT2D eigenvalue weighted by Crippen LogP contribution is 2.32. The van der Waals surface area contributed by atoms with Crippen LogP contribution in [0.3, 0.4) is 0 Å². The summed E-state index contributed by atoms with van der Waals surface area (Å²) in [7, 11) is -3.21. The summed E-state index contributed by atoms with van der Waals surface area (Å²) in [5, 5.41) is 0.647. The molecule has 0 N–H and O–H groups in total. The van der Waals surface area contributed by atoms with Crippen molar-refractivity contribution >= 4 is 21.4 Å². The molecule has 2 aromatic rings. The molecule has 0 heterocycles. The number of hydrogen-bond acceptors (Lipinski definition) is 2. The molecule has 20 heavy (non-hydrogen) atoms. The molecule has 2 rings (SSSR count). The maximum atomic E-state index is 11.7. The summed E-state index contributed by atoms with van der Waals surface area (Å²) in [6.07, 6.45) is 1.22. The van der Waals surface area contributed by atoms with Gasteiger partial charge in [0.2, 0.25) is 0 Å². The molecule has 0 aromatic heterocycles. The fourth-order valence-corrected chi connectivity index (χ4v) is 3.02. The predicted octanol–water partition coefficient (Wildman–Crippen LogP) is 4.53. The Morgan fingerprint density at radius 2 is 1.75 bits per heavy atom. The van der Waals surface area contributed by atoms with Crippen molar-refractivity contribution in [2.75, 3.05) is 6.26 Å². The van der Waals surface area contributed by atoms with Gasteiger partial charge in [-0.05, 0) is 46.9 Å². The second-order valence-corrected chi connectivity index (χ2v) is 7.64. The van der Waals surface area contributed by atoms with E-state index in [0.29, 0.717) is 15.8 Å². The van der Waals surface area contributed by atoms with Gasteiger partial charge < -0.3 is 0 Å². The van der Waals surface area contributed by atoms with E-state index in [1.54, 1.807) is 18.2 Å². The minimum absolute atomic E-state index is 0.324. The fourth-order valence-electron chi connectivity index (χ4n) is 2.18. The van der Waals surface area contributed by atoms with Crippen LogP contribution in [0.1, 0.15) is 25.3 Å². The molecule has 0 unspecified atom stereocenters. The van der Waals surface area contributed by atoms with Crippen LogP contribution < -0.4 is 0 Å². The minimum Gasteiger partial charge on any atom is -0.224 e. The lowest BCUT2D eigenvalue weighted by Crippen LogP contribution is -1.98. The molecule has 0 radical (unpaired) electrons. The summed E-state index contributed by atoms with van der Waals surface area (Å²) in [5.41, 5.74) is 3.01. The van der Waals surface area contributed by atoms with Gasteiger partial charge in [-0.25, -0.2) is 8.42 Å². The molecule has 0 amide bonds. The number of benzene rings is 2. The summed E-state index contributed by atoms with van der Waals surface area (Å²) in [5.74, 6) is 0.337. The molecule has 2 nitrogen and oxygen atoms in total. The molecule has 0 atom stereocenters. The quantitative estimate of drug-likeness (QED) is 0.834. The highest BCUT2D eigenvalue weighted by atomic mass is 35.5. The lowest BCUT2D eigenvalue weighted by molar-refractivity contribution is 0.602. The van der Waals surface area contributed by atoms with E-state index in [2.05, 4.69) is 13.8 Å². The Morgan fingerprint density at radius 1 is 1.05 bits per heavy atom. The first-order chi connectivity index (χ1) is 9.29. The normalized spacial score (nSPS) is 11.8. The van der Waals surface area contributed by atoms with Gasteiger partial charge in [-0.2, -0.15) is 0 Å². The molecule has 2 aromatic carbocycles. The Morgan fingerprint density at radius 3 is 2.35 bits per heavy atom. The van der Waals surface area contributed by atoms with Crippen LogP contribution in [0.15, 0.2) is 47.4 Å². The average molecular weight is 309 g/mol. The largest absolute Gasteiger partial charge is 0.224 e. The zero-order valence-electron chi connectivity index (χ0n) is 11.7. The van der Waals surface area contributed by atoms with Crippen LogP contribution in [-0.4, -0.2) is 14.7 Å². The molecule has 4 heteroatoms. The zero-order valence-corrected chi connectivity index (χ0v) is 13.3. The third-order valence-electron chi connectivity index (χ3n) is 3.21. The van der Waals surface area contributed by atoms with Gasteiger partial charge in [0.15, 0.2) is 9.84 Å². The zero-order chi connectivity index (χ0) is 14.9. The predicted molar refractivity (Wildman–Crippen MR) is 84.1 cm³/mol. The first-order valence-corrected chi connectivity index (χ1v) is 8.66. The summed E-state index contributed by atoms with van der Waals surface area (Å²) in [6.45, 7) is 4.21. The standard InChI is InChI=1S/C16H17ClO2S/c1-11(2)15-8-7-13(17)10-16(15)12-5-4-6-14(9-12)20(3,18)19/h4-11H,1-3H3. The van der Waals surface area contributed by atoms with E-state index >= 15 is 0 Å². The van der Waals surface area contributed by atoms with Gasteiger partial charge in [0.25, 0.3) is 0 Å². The van der Waals surface area contributed by atoms with Crippen molar-refractivity contribution in [2.45, 2.75) is 24.7 Å². The van der Waals surface area contributed by atoms with E-state index in [1.165, 1.54) is 6.26 Å². The topological polar surface area (TPSA) is 34.1 Å². The number of rotatable bonds is 3. The monoisotopic (exact) mass is 308 g/mol. The van der Waals surface area contributed by atoms with Gasteiger partial charge in [0.1, 0.15) is 0 Å². The first-order valence-electron chi connectivity index (χ1n) is 6.39. The molecular formula is C16H17ClO2S. The van der Waals surface area contributed by atoms with Crippen LogP contribution >= 0.6 is 11.6 Å². The third-order valence-corrected chi connectivity index (χ3v) is 4.56. The highest BCUT2D eigenvalue weighted by Gasteiger charge is 2.12. The van der Waals surface area contributed by atoms with Crippen molar-refractivity contribution < 1.29 is 8.42 Å². The van der Waals surface area contributed by atoms with Crippen molar-refractivity contribution in [1.29, 1.82) is 0 Å². The third kappa shape index (κ3) is 3.22. The van der Waals surface area contributed by atoms with Crippen molar-refractivity contribution in [2.24, 2.45) is 0 Å². The maximum Gasteiger partial charge on any atom is 0.175 e. The Bertz CT molecular complexity index is 734. The Labute approximate surface area is 125 Å².